The lowest BCUT2D eigenvalue weighted by Crippen LogP contribution is -2.10. The Morgan fingerprint density at radius 1 is 1.50 bits per heavy atom. The molecule has 0 heterocycles. The second kappa shape index (κ2) is 4.37. The van der Waals surface area contributed by atoms with Crippen molar-refractivity contribution in [1.29, 1.82) is 0 Å². The van der Waals surface area contributed by atoms with E-state index < -0.39 is 23.0 Å². The van der Waals surface area contributed by atoms with Crippen LogP contribution in [0.5, 0.6) is 0 Å². The average Bonchev–Trinajstić information content (AvgIpc) is 2.19. The van der Waals surface area contributed by atoms with Crippen LogP contribution in [0.3, 0.4) is 0 Å². The highest BCUT2D eigenvalue weighted by Gasteiger charge is 2.22. The summed E-state index contributed by atoms with van der Waals surface area (Å²) < 4.78 is 30.1. The van der Waals surface area contributed by atoms with Gasteiger partial charge in [0.2, 0.25) is 0 Å². The zero-order valence-corrected chi connectivity index (χ0v) is 8.02. The Morgan fingerprint density at radius 3 is 2.71 bits per heavy atom. The summed E-state index contributed by atoms with van der Waals surface area (Å²) in [5, 5.41) is -1.32. The Labute approximate surface area is 84.4 Å². The monoisotopic (exact) mass is 220 g/mol. The van der Waals surface area contributed by atoms with Gasteiger partial charge in [-0.15, -0.1) is 11.6 Å². The molecule has 0 saturated carbocycles. The van der Waals surface area contributed by atoms with E-state index in [4.69, 9.17) is 11.6 Å². The average molecular weight is 221 g/mol. The van der Waals surface area contributed by atoms with Gasteiger partial charge in [-0.1, -0.05) is 0 Å². The third kappa shape index (κ3) is 2.20. The van der Waals surface area contributed by atoms with Crippen LogP contribution in [0.15, 0.2) is 18.2 Å². The van der Waals surface area contributed by atoms with Crippen LogP contribution in [-0.4, -0.2) is 13.1 Å². The maximum atomic E-state index is 13.1. The number of hydrogen-bond donors (Lipinski definition) is 0. The minimum atomic E-state index is -1.32. The van der Waals surface area contributed by atoms with Crippen LogP contribution in [-0.2, 0) is 9.53 Å². The van der Waals surface area contributed by atoms with Crippen molar-refractivity contribution in [3.63, 3.8) is 0 Å². The summed E-state index contributed by atoms with van der Waals surface area (Å²) in [5.41, 5.74) is -0.224. The van der Waals surface area contributed by atoms with Crippen molar-refractivity contribution >= 4 is 17.6 Å². The molecule has 0 N–H and O–H groups in total. The van der Waals surface area contributed by atoms with Crippen molar-refractivity contribution in [2.45, 2.75) is 5.38 Å². The van der Waals surface area contributed by atoms with Gasteiger partial charge in [0, 0.05) is 5.56 Å². The molecule has 1 aromatic carbocycles. The van der Waals surface area contributed by atoms with Gasteiger partial charge in [-0.25, -0.2) is 8.78 Å². The van der Waals surface area contributed by atoms with E-state index in [1.807, 2.05) is 0 Å². The summed E-state index contributed by atoms with van der Waals surface area (Å²) >= 11 is 5.55. The lowest BCUT2D eigenvalue weighted by atomic mass is 10.1. The molecule has 76 valence electrons. The molecular weight excluding hydrogens is 214 g/mol. The topological polar surface area (TPSA) is 26.3 Å². The van der Waals surface area contributed by atoms with Crippen LogP contribution in [0.4, 0.5) is 8.78 Å². The molecule has 0 aromatic heterocycles. The molecule has 14 heavy (non-hydrogen) atoms. The predicted octanol–water partition coefficient (Wildman–Crippen LogP) is 2.42. The molecule has 0 aliphatic carbocycles. The van der Waals surface area contributed by atoms with E-state index in [1.165, 1.54) is 0 Å². The van der Waals surface area contributed by atoms with Crippen molar-refractivity contribution in [1.82, 2.24) is 0 Å². The van der Waals surface area contributed by atoms with E-state index in [9.17, 15) is 13.6 Å². The summed E-state index contributed by atoms with van der Waals surface area (Å²) in [6.45, 7) is 0. The second-order valence-corrected chi connectivity index (χ2v) is 2.99. The van der Waals surface area contributed by atoms with E-state index in [2.05, 4.69) is 4.74 Å². The molecule has 0 fully saturated rings. The molecule has 2 nitrogen and oxygen atoms in total. The maximum absolute atomic E-state index is 13.1. The van der Waals surface area contributed by atoms with Gasteiger partial charge in [-0.2, -0.15) is 0 Å². The number of esters is 1. The summed E-state index contributed by atoms with van der Waals surface area (Å²) in [4.78, 5) is 10.9. The molecule has 0 unspecified atom stereocenters. The standard InChI is InChI=1S/C9H7ClF2O2/c1-14-9(13)8(10)6-4-5(11)2-3-7(6)12/h2-4,8H,1H3/t8-/m0/s1. The molecule has 0 aliphatic rings. The Morgan fingerprint density at radius 2 is 2.14 bits per heavy atom. The quantitative estimate of drug-likeness (QED) is 0.565. The van der Waals surface area contributed by atoms with Crippen LogP contribution < -0.4 is 0 Å². The van der Waals surface area contributed by atoms with Gasteiger partial charge < -0.3 is 4.74 Å². The highest BCUT2D eigenvalue weighted by Crippen LogP contribution is 2.25. The Balaban J connectivity index is 3.05. The van der Waals surface area contributed by atoms with Crippen molar-refractivity contribution in [3.05, 3.63) is 35.4 Å². The molecule has 1 rings (SSSR count). The molecule has 0 saturated heterocycles. The molecule has 0 aliphatic heterocycles. The van der Waals surface area contributed by atoms with E-state index in [-0.39, 0.29) is 5.56 Å². The Kier molecular flexibility index (Phi) is 3.41. The highest BCUT2D eigenvalue weighted by atomic mass is 35.5. The number of rotatable bonds is 2. The van der Waals surface area contributed by atoms with Crippen molar-refractivity contribution in [2.75, 3.05) is 7.11 Å². The van der Waals surface area contributed by atoms with Gasteiger partial charge in [0.05, 0.1) is 7.11 Å². The maximum Gasteiger partial charge on any atom is 0.328 e. The number of halogens is 3. The van der Waals surface area contributed by atoms with E-state index in [0.29, 0.717) is 0 Å². The van der Waals surface area contributed by atoms with E-state index in [1.54, 1.807) is 0 Å². The lowest BCUT2D eigenvalue weighted by molar-refractivity contribution is -0.140. The molecular formula is C9H7ClF2O2. The summed E-state index contributed by atoms with van der Waals surface area (Å²) in [5.74, 6) is -2.22. The van der Waals surface area contributed by atoms with Gasteiger partial charge >= 0.3 is 5.97 Å². The van der Waals surface area contributed by atoms with E-state index >= 15 is 0 Å². The summed E-state index contributed by atoms with van der Waals surface area (Å²) in [6, 6.07) is 2.71. The third-order valence-corrected chi connectivity index (χ3v) is 2.05. The number of benzene rings is 1. The first kappa shape index (κ1) is 10.9. The van der Waals surface area contributed by atoms with E-state index in [0.717, 1.165) is 25.3 Å². The molecule has 5 heteroatoms. The number of alkyl halides is 1. The molecule has 0 radical (unpaired) electrons. The van der Waals surface area contributed by atoms with Gasteiger partial charge in [-0.3, -0.25) is 4.79 Å². The van der Waals surface area contributed by atoms with Crippen LogP contribution in [0, 0.1) is 11.6 Å². The third-order valence-electron chi connectivity index (χ3n) is 1.64. The van der Waals surface area contributed by atoms with Gasteiger partial charge in [-0.05, 0) is 18.2 Å². The number of hydrogen-bond acceptors (Lipinski definition) is 2. The molecule has 0 spiro atoms. The SMILES string of the molecule is COC(=O)[C@@H](Cl)c1cc(F)ccc1F. The first-order valence-electron chi connectivity index (χ1n) is 3.73. The molecule has 1 atom stereocenters. The van der Waals surface area contributed by atoms with Gasteiger partial charge in [0.25, 0.3) is 0 Å². The zero-order chi connectivity index (χ0) is 10.7. The number of carbonyl (C=O) groups is 1. The van der Waals surface area contributed by atoms with Crippen molar-refractivity contribution in [3.8, 4) is 0 Å². The van der Waals surface area contributed by atoms with Crippen LogP contribution in [0.2, 0.25) is 0 Å². The lowest BCUT2D eigenvalue weighted by Gasteiger charge is -2.08. The normalized spacial score (nSPS) is 12.3. The first-order valence-corrected chi connectivity index (χ1v) is 4.16. The fraction of sp³-hybridized carbons (Fsp3) is 0.222. The zero-order valence-electron chi connectivity index (χ0n) is 7.26. The summed E-state index contributed by atoms with van der Waals surface area (Å²) in [6.07, 6.45) is 0. The minimum absolute atomic E-state index is 0.224. The van der Waals surface area contributed by atoms with Gasteiger partial charge in [0.1, 0.15) is 11.6 Å². The molecule has 0 amide bonds. The number of carbonyl (C=O) groups excluding carboxylic acids is 1. The highest BCUT2D eigenvalue weighted by molar-refractivity contribution is 6.29. The molecule has 1 aromatic rings. The van der Waals surface area contributed by atoms with Crippen LogP contribution in [0.25, 0.3) is 0 Å². The fourth-order valence-corrected chi connectivity index (χ4v) is 1.20. The second-order valence-electron chi connectivity index (χ2n) is 2.55. The Bertz CT molecular complexity index is 355. The molecule has 0 bridgehead atoms. The first-order chi connectivity index (χ1) is 6.56. The number of ether oxygens (including phenoxy) is 1. The van der Waals surface area contributed by atoms with Gasteiger partial charge in [0.15, 0.2) is 5.38 Å². The van der Waals surface area contributed by atoms with Crippen LogP contribution >= 0.6 is 11.6 Å². The van der Waals surface area contributed by atoms with Crippen molar-refractivity contribution in [2.24, 2.45) is 0 Å². The largest absolute Gasteiger partial charge is 0.468 e. The van der Waals surface area contributed by atoms with Crippen molar-refractivity contribution < 1.29 is 18.3 Å². The minimum Gasteiger partial charge on any atom is -0.468 e. The fourth-order valence-electron chi connectivity index (χ4n) is 0.939. The Hall–Kier alpha value is -1.16. The van der Waals surface area contributed by atoms with Crippen LogP contribution in [0.1, 0.15) is 10.9 Å². The predicted molar refractivity (Wildman–Crippen MR) is 47.0 cm³/mol. The summed E-state index contributed by atoms with van der Waals surface area (Å²) in [7, 11) is 1.12. The smallest absolute Gasteiger partial charge is 0.328 e. The number of methoxy groups -OCH3 is 1.